The monoisotopic (exact) mass is 296 g/mol. The number of rotatable bonds is 3. The highest BCUT2D eigenvalue weighted by atomic mass is 35.5. The summed E-state index contributed by atoms with van der Waals surface area (Å²) >= 11 is 12.0. The summed E-state index contributed by atoms with van der Waals surface area (Å²) in [5.74, 6) is 0.672. The van der Waals surface area contributed by atoms with Gasteiger partial charge in [-0.05, 0) is 31.5 Å². The van der Waals surface area contributed by atoms with Crippen molar-refractivity contribution in [2.75, 3.05) is 0 Å². The molecule has 0 aliphatic heterocycles. The molecule has 0 fully saturated rings. The van der Waals surface area contributed by atoms with Gasteiger partial charge in [-0.15, -0.1) is 0 Å². The molecular formula is C14H14Cl2N2O. The van der Waals surface area contributed by atoms with E-state index in [9.17, 15) is 5.11 Å². The van der Waals surface area contributed by atoms with Crippen LogP contribution in [0.1, 0.15) is 35.7 Å². The standard InChI is InChI=1S/C14H14Cl2N2O/c1-8-12(9(2)19)7-17-14(18-8)5-10-3-4-11(15)6-13(10)16/h3-4,6-7,9,19H,5H2,1-2H3/t9-/m0/s1. The first kappa shape index (κ1) is 14.3. The van der Waals surface area contributed by atoms with Crippen molar-refractivity contribution in [1.29, 1.82) is 0 Å². The van der Waals surface area contributed by atoms with E-state index < -0.39 is 6.10 Å². The second-order valence-corrected chi connectivity index (χ2v) is 5.26. The molecule has 1 aromatic carbocycles. The quantitative estimate of drug-likeness (QED) is 0.938. The Morgan fingerprint density at radius 3 is 2.63 bits per heavy atom. The summed E-state index contributed by atoms with van der Waals surface area (Å²) in [6.07, 6.45) is 1.64. The molecule has 5 heteroatoms. The summed E-state index contributed by atoms with van der Waals surface area (Å²) in [7, 11) is 0. The zero-order valence-corrected chi connectivity index (χ0v) is 12.2. The molecule has 0 saturated carbocycles. The molecule has 0 aliphatic carbocycles. The van der Waals surface area contributed by atoms with Crippen LogP contribution < -0.4 is 0 Å². The van der Waals surface area contributed by atoms with E-state index in [1.807, 2.05) is 13.0 Å². The van der Waals surface area contributed by atoms with Gasteiger partial charge in [0.2, 0.25) is 0 Å². The normalized spacial score (nSPS) is 12.5. The van der Waals surface area contributed by atoms with Gasteiger partial charge in [0.15, 0.2) is 0 Å². The van der Waals surface area contributed by atoms with Crippen LogP contribution >= 0.6 is 23.2 Å². The molecule has 0 unspecified atom stereocenters. The van der Waals surface area contributed by atoms with Gasteiger partial charge in [0.05, 0.1) is 6.10 Å². The lowest BCUT2D eigenvalue weighted by molar-refractivity contribution is 0.197. The van der Waals surface area contributed by atoms with E-state index in [0.717, 1.165) is 16.8 Å². The predicted molar refractivity (Wildman–Crippen MR) is 76.7 cm³/mol. The van der Waals surface area contributed by atoms with E-state index >= 15 is 0 Å². The number of aliphatic hydroxyl groups excluding tert-OH is 1. The van der Waals surface area contributed by atoms with E-state index in [1.54, 1.807) is 25.3 Å². The molecule has 19 heavy (non-hydrogen) atoms. The molecule has 3 nitrogen and oxygen atoms in total. The number of aromatic nitrogens is 2. The molecule has 0 bridgehead atoms. The molecule has 1 atom stereocenters. The lowest BCUT2D eigenvalue weighted by atomic mass is 10.1. The summed E-state index contributed by atoms with van der Waals surface area (Å²) < 4.78 is 0. The molecule has 0 spiro atoms. The van der Waals surface area contributed by atoms with E-state index in [-0.39, 0.29) is 0 Å². The highest BCUT2D eigenvalue weighted by Crippen LogP contribution is 2.23. The number of hydrogen-bond acceptors (Lipinski definition) is 3. The number of aryl methyl sites for hydroxylation is 1. The maximum atomic E-state index is 9.54. The first-order chi connectivity index (χ1) is 8.97. The van der Waals surface area contributed by atoms with Crippen LogP contribution in [0.15, 0.2) is 24.4 Å². The Balaban J connectivity index is 2.26. The van der Waals surface area contributed by atoms with Gasteiger partial charge in [-0.1, -0.05) is 29.3 Å². The smallest absolute Gasteiger partial charge is 0.132 e. The maximum Gasteiger partial charge on any atom is 0.132 e. The molecule has 1 aromatic heterocycles. The summed E-state index contributed by atoms with van der Waals surface area (Å²) in [4.78, 5) is 8.65. The SMILES string of the molecule is Cc1nc(Cc2ccc(Cl)cc2Cl)ncc1[C@H](C)O. The third kappa shape index (κ3) is 3.44. The van der Waals surface area contributed by atoms with Gasteiger partial charge >= 0.3 is 0 Å². The van der Waals surface area contributed by atoms with Crippen molar-refractivity contribution in [2.45, 2.75) is 26.4 Å². The minimum Gasteiger partial charge on any atom is -0.389 e. The van der Waals surface area contributed by atoms with Crippen LogP contribution in [0.2, 0.25) is 10.0 Å². The van der Waals surface area contributed by atoms with Crippen molar-refractivity contribution in [3.63, 3.8) is 0 Å². The van der Waals surface area contributed by atoms with Gasteiger partial charge in [0, 0.05) is 33.9 Å². The fraction of sp³-hybridized carbons (Fsp3) is 0.286. The molecule has 0 saturated heterocycles. The van der Waals surface area contributed by atoms with Crippen LogP contribution in [0.4, 0.5) is 0 Å². The fourth-order valence-corrected chi connectivity index (χ4v) is 2.33. The molecule has 1 heterocycles. The maximum absolute atomic E-state index is 9.54. The molecule has 2 rings (SSSR count). The molecule has 100 valence electrons. The summed E-state index contributed by atoms with van der Waals surface area (Å²) in [6, 6.07) is 5.36. The van der Waals surface area contributed by atoms with Gasteiger partial charge in [0.25, 0.3) is 0 Å². The first-order valence-electron chi connectivity index (χ1n) is 5.92. The van der Waals surface area contributed by atoms with Crippen molar-refractivity contribution in [2.24, 2.45) is 0 Å². The van der Waals surface area contributed by atoms with Crippen molar-refractivity contribution in [1.82, 2.24) is 9.97 Å². The zero-order chi connectivity index (χ0) is 14.0. The second kappa shape index (κ2) is 5.87. The summed E-state index contributed by atoms with van der Waals surface area (Å²) in [6.45, 7) is 3.55. The van der Waals surface area contributed by atoms with Gasteiger partial charge in [0.1, 0.15) is 5.82 Å². The third-order valence-electron chi connectivity index (χ3n) is 2.88. The Morgan fingerprint density at radius 2 is 2.05 bits per heavy atom. The number of aliphatic hydroxyl groups is 1. The van der Waals surface area contributed by atoms with E-state index in [0.29, 0.717) is 22.3 Å². The van der Waals surface area contributed by atoms with Gasteiger partial charge in [-0.2, -0.15) is 0 Å². The number of nitrogens with zero attached hydrogens (tertiary/aromatic N) is 2. The largest absolute Gasteiger partial charge is 0.389 e. The topological polar surface area (TPSA) is 46.0 Å². The Bertz CT molecular complexity index is 600. The van der Waals surface area contributed by atoms with Crippen molar-refractivity contribution >= 4 is 23.2 Å². The van der Waals surface area contributed by atoms with Gasteiger partial charge in [-0.3, -0.25) is 0 Å². The molecule has 0 radical (unpaired) electrons. The van der Waals surface area contributed by atoms with E-state index in [4.69, 9.17) is 23.2 Å². The molecular weight excluding hydrogens is 283 g/mol. The van der Waals surface area contributed by atoms with E-state index in [2.05, 4.69) is 9.97 Å². The van der Waals surface area contributed by atoms with E-state index in [1.165, 1.54) is 0 Å². The zero-order valence-electron chi connectivity index (χ0n) is 10.7. The molecule has 0 amide bonds. The van der Waals surface area contributed by atoms with Gasteiger partial charge in [-0.25, -0.2) is 9.97 Å². The summed E-state index contributed by atoms with van der Waals surface area (Å²) in [5.41, 5.74) is 2.45. The molecule has 1 N–H and O–H groups in total. The average Bonchev–Trinajstić information content (AvgIpc) is 2.32. The fourth-order valence-electron chi connectivity index (χ4n) is 1.86. The lowest BCUT2D eigenvalue weighted by Crippen LogP contribution is -2.04. The Labute approximate surface area is 122 Å². The minimum atomic E-state index is -0.562. The van der Waals surface area contributed by atoms with Crippen LogP contribution in [0, 0.1) is 6.92 Å². The van der Waals surface area contributed by atoms with Crippen LogP contribution in [-0.2, 0) is 6.42 Å². The number of halogens is 2. The predicted octanol–water partition coefficient (Wildman–Crippen LogP) is 3.74. The number of hydrogen-bond donors (Lipinski definition) is 1. The molecule has 2 aromatic rings. The lowest BCUT2D eigenvalue weighted by Gasteiger charge is -2.09. The highest BCUT2D eigenvalue weighted by Gasteiger charge is 2.10. The van der Waals surface area contributed by atoms with Crippen LogP contribution in [0.3, 0.4) is 0 Å². The van der Waals surface area contributed by atoms with Crippen LogP contribution in [0.5, 0.6) is 0 Å². The highest BCUT2D eigenvalue weighted by molar-refractivity contribution is 6.35. The Kier molecular flexibility index (Phi) is 4.40. The van der Waals surface area contributed by atoms with Crippen molar-refractivity contribution in [3.8, 4) is 0 Å². The van der Waals surface area contributed by atoms with Gasteiger partial charge < -0.3 is 5.11 Å². The van der Waals surface area contributed by atoms with Crippen LogP contribution in [-0.4, -0.2) is 15.1 Å². The van der Waals surface area contributed by atoms with Crippen LogP contribution in [0.25, 0.3) is 0 Å². The first-order valence-corrected chi connectivity index (χ1v) is 6.67. The second-order valence-electron chi connectivity index (χ2n) is 4.42. The third-order valence-corrected chi connectivity index (χ3v) is 3.47. The number of benzene rings is 1. The minimum absolute atomic E-state index is 0.539. The molecule has 0 aliphatic rings. The Morgan fingerprint density at radius 1 is 1.32 bits per heavy atom. The average molecular weight is 297 g/mol. The van der Waals surface area contributed by atoms with Crippen molar-refractivity contribution < 1.29 is 5.11 Å². The Hall–Kier alpha value is -1.16. The van der Waals surface area contributed by atoms with Crippen molar-refractivity contribution in [3.05, 3.63) is 57.1 Å². The summed E-state index contributed by atoms with van der Waals surface area (Å²) in [5, 5.41) is 10.8.